The molecule has 4 aromatic rings. The number of amides is 1. The molecule has 0 unspecified atom stereocenters. The lowest BCUT2D eigenvalue weighted by atomic mass is 9.98. The van der Waals surface area contributed by atoms with Crippen LogP contribution in [0.25, 0.3) is 27.8 Å². The second-order valence-corrected chi connectivity index (χ2v) is 9.44. The molecule has 1 aliphatic heterocycles. The normalized spacial score (nSPS) is 13.4. The van der Waals surface area contributed by atoms with Crippen LogP contribution in [0.15, 0.2) is 65.8 Å². The van der Waals surface area contributed by atoms with Crippen molar-refractivity contribution in [3.05, 3.63) is 83.2 Å². The SMILES string of the molecule is CCCCc1nc2c(C)c(C3=NNC(=O)SC3)ccc2n1-c1ccccc1-c1ccccc1C#N. The molecule has 7 heteroatoms. The van der Waals surface area contributed by atoms with Gasteiger partial charge in [-0.1, -0.05) is 67.6 Å². The Labute approximate surface area is 208 Å². The first-order valence-electron chi connectivity index (χ1n) is 11.7. The fraction of sp³-hybridized carbons (Fsp3) is 0.214. The van der Waals surface area contributed by atoms with Crippen molar-refractivity contribution in [1.82, 2.24) is 15.0 Å². The molecule has 0 radical (unpaired) electrons. The van der Waals surface area contributed by atoms with E-state index >= 15 is 0 Å². The van der Waals surface area contributed by atoms with Crippen LogP contribution >= 0.6 is 11.8 Å². The summed E-state index contributed by atoms with van der Waals surface area (Å²) in [4.78, 5) is 16.7. The van der Waals surface area contributed by atoms with Gasteiger partial charge in [0.1, 0.15) is 5.82 Å². The Kier molecular flexibility index (Phi) is 6.39. The maximum Gasteiger partial charge on any atom is 0.299 e. The Bertz CT molecular complexity index is 1510. The molecular formula is C28H25N5OS. The number of thioether (sulfide) groups is 1. The summed E-state index contributed by atoms with van der Waals surface area (Å²) in [6.07, 6.45) is 2.95. The number of aromatic nitrogens is 2. The van der Waals surface area contributed by atoms with Gasteiger partial charge in [-0.05, 0) is 37.1 Å². The fourth-order valence-electron chi connectivity index (χ4n) is 4.57. The number of carbonyl (C=O) groups excluding carboxylic acids is 1. The summed E-state index contributed by atoms with van der Waals surface area (Å²) in [5, 5.41) is 13.9. The van der Waals surface area contributed by atoms with Crippen molar-refractivity contribution in [2.45, 2.75) is 33.1 Å². The smallest absolute Gasteiger partial charge is 0.296 e. The van der Waals surface area contributed by atoms with E-state index in [0.717, 1.165) is 69.8 Å². The number of rotatable bonds is 6. The Morgan fingerprint density at radius 3 is 2.57 bits per heavy atom. The first-order valence-corrected chi connectivity index (χ1v) is 12.7. The van der Waals surface area contributed by atoms with Crippen LogP contribution in [0.5, 0.6) is 0 Å². The van der Waals surface area contributed by atoms with Crippen molar-refractivity contribution in [3.8, 4) is 22.9 Å². The molecule has 0 saturated carbocycles. The van der Waals surface area contributed by atoms with Gasteiger partial charge in [0.05, 0.1) is 34.1 Å². The van der Waals surface area contributed by atoms with Gasteiger partial charge < -0.3 is 0 Å². The van der Waals surface area contributed by atoms with Crippen LogP contribution in [0, 0.1) is 18.3 Å². The first kappa shape index (κ1) is 22.9. The maximum absolute atomic E-state index is 11.5. The number of hydrogen-bond acceptors (Lipinski definition) is 5. The summed E-state index contributed by atoms with van der Waals surface area (Å²) in [6.45, 7) is 4.25. The van der Waals surface area contributed by atoms with Gasteiger partial charge in [0.2, 0.25) is 0 Å². The summed E-state index contributed by atoms with van der Waals surface area (Å²) >= 11 is 1.22. The number of fused-ring (bicyclic) bond motifs is 1. The molecule has 2 heterocycles. The molecule has 1 amide bonds. The zero-order valence-electron chi connectivity index (χ0n) is 19.7. The lowest BCUT2D eigenvalue weighted by Gasteiger charge is -2.16. The van der Waals surface area contributed by atoms with Gasteiger partial charge in [-0.15, -0.1) is 0 Å². The average molecular weight is 480 g/mol. The Balaban J connectivity index is 1.74. The highest BCUT2D eigenvalue weighted by Gasteiger charge is 2.22. The molecule has 5 rings (SSSR count). The minimum absolute atomic E-state index is 0.132. The number of hydrazone groups is 1. The van der Waals surface area contributed by atoms with Gasteiger partial charge in [-0.25, -0.2) is 10.4 Å². The molecular weight excluding hydrogens is 454 g/mol. The molecule has 1 aliphatic rings. The van der Waals surface area contributed by atoms with Crippen molar-refractivity contribution in [1.29, 1.82) is 5.26 Å². The molecule has 0 spiro atoms. The number of para-hydroxylation sites is 1. The van der Waals surface area contributed by atoms with Crippen LogP contribution in [0.3, 0.4) is 0 Å². The molecule has 0 aliphatic carbocycles. The summed E-state index contributed by atoms with van der Waals surface area (Å²) in [5.74, 6) is 1.53. The average Bonchev–Trinajstić information content (AvgIpc) is 3.27. The molecule has 1 N–H and O–H groups in total. The Morgan fingerprint density at radius 2 is 1.83 bits per heavy atom. The lowest BCUT2D eigenvalue weighted by molar-refractivity contribution is 0.261. The number of imidazole rings is 1. The van der Waals surface area contributed by atoms with Crippen LogP contribution in [0.4, 0.5) is 4.79 Å². The van der Waals surface area contributed by atoms with Crippen LogP contribution in [0.2, 0.25) is 0 Å². The van der Waals surface area contributed by atoms with Crippen molar-refractivity contribution >= 4 is 33.7 Å². The second kappa shape index (κ2) is 9.77. The summed E-state index contributed by atoms with van der Waals surface area (Å²) in [5.41, 5.74) is 11.0. The predicted octanol–water partition coefficient (Wildman–Crippen LogP) is 6.38. The third kappa shape index (κ3) is 4.22. The minimum Gasteiger partial charge on any atom is -0.296 e. The third-order valence-corrected chi connectivity index (χ3v) is 7.09. The summed E-state index contributed by atoms with van der Waals surface area (Å²) < 4.78 is 2.24. The van der Waals surface area contributed by atoms with Gasteiger partial charge in [0.25, 0.3) is 5.24 Å². The van der Waals surface area contributed by atoms with E-state index in [4.69, 9.17) is 4.98 Å². The number of aryl methyl sites for hydroxylation is 2. The number of carbonyl (C=O) groups is 1. The van der Waals surface area contributed by atoms with E-state index in [1.54, 1.807) is 0 Å². The predicted molar refractivity (Wildman–Crippen MR) is 142 cm³/mol. The molecule has 0 bridgehead atoms. The van der Waals surface area contributed by atoms with Gasteiger partial charge >= 0.3 is 0 Å². The van der Waals surface area contributed by atoms with E-state index in [1.165, 1.54) is 11.8 Å². The van der Waals surface area contributed by atoms with Crippen molar-refractivity contribution < 1.29 is 4.79 Å². The number of nitrogens with zero attached hydrogens (tertiary/aromatic N) is 4. The largest absolute Gasteiger partial charge is 0.299 e. The number of benzene rings is 3. The molecule has 0 fully saturated rings. The monoisotopic (exact) mass is 479 g/mol. The van der Waals surface area contributed by atoms with E-state index in [-0.39, 0.29) is 5.24 Å². The van der Waals surface area contributed by atoms with E-state index in [9.17, 15) is 10.1 Å². The standard InChI is InChI=1S/C28H25N5OS/c1-3-4-13-26-30-27-18(2)20(23-17-35-28(34)32-31-23)14-15-25(27)33(26)24-12-8-7-11-22(24)21-10-6-5-9-19(21)16-29/h5-12,14-15H,3-4,13,17H2,1-2H3,(H,32,34). The van der Waals surface area contributed by atoms with E-state index in [0.29, 0.717) is 11.3 Å². The highest BCUT2D eigenvalue weighted by molar-refractivity contribution is 8.14. The molecule has 0 saturated heterocycles. The first-order chi connectivity index (χ1) is 17.1. The third-order valence-electron chi connectivity index (χ3n) is 6.32. The molecule has 3 aromatic carbocycles. The number of hydrogen-bond donors (Lipinski definition) is 1. The minimum atomic E-state index is -0.132. The van der Waals surface area contributed by atoms with Crippen LogP contribution in [-0.4, -0.2) is 26.3 Å². The lowest BCUT2D eigenvalue weighted by Crippen LogP contribution is -2.24. The van der Waals surface area contributed by atoms with Gasteiger partial charge in [0.15, 0.2) is 0 Å². The molecule has 6 nitrogen and oxygen atoms in total. The topological polar surface area (TPSA) is 83.1 Å². The van der Waals surface area contributed by atoms with Crippen LogP contribution < -0.4 is 5.43 Å². The van der Waals surface area contributed by atoms with Gasteiger partial charge in [-0.3, -0.25) is 9.36 Å². The Hall–Kier alpha value is -3.89. The summed E-state index contributed by atoms with van der Waals surface area (Å²) in [7, 11) is 0. The number of unbranched alkanes of at least 4 members (excludes halogenated alkanes) is 1. The molecule has 35 heavy (non-hydrogen) atoms. The van der Waals surface area contributed by atoms with E-state index in [2.05, 4.69) is 59.3 Å². The van der Waals surface area contributed by atoms with E-state index in [1.807, 2.05) is 36.4 Å². The maximum atomic E-state index is 11.5. The fourth-order valence-corrected chi connectivity index (χ4v) is 5.17. The Morgan fingerprint density at radius 1 is 1.06 bits per heavy atom. The van der Waals surface area contributed by atoms with Crippen LogP contribution in [-0.2, 0) is 6.42 Å². The number of nitriles is 1. The van der Waals surface area contributed by atoms with Crippen molar-refractivity contribution in [3.63, 3.8) is 0 Å². The quantitative estimate of drug-likeness (QED) is 0.348. The van der Waals surface area contributed by atoms with Crippen molar-refractivity contribution in [2.24, 2.45) is 5.10 Å². The molecule has 174 valence electrons. The highest BCUT2D eigenvalue weighted by atomic mass is 32.2. The number of nitrogens with one attached hydrogen (secondary N) is 1. The van der Waals surface area contributed by atoms with Gasteiger partial charge in [-0.2, -0.15) is 10.4 Å². The van der Waals surface area contributed by atoms with Crippen molar-refractivity contribution in [2.75, 3.05) is 5.75 Å². The molecule has 0 atom stereocenters. The second-order valence-electron chi connectivity index (χ2n) is 8.49. The zero-order valence-corrected chi connectivity index (χ0v) is 20.5. The van der Waals surface area contributed by atoms with Gasteiger partial charge in [0, 0.05) is 28.9 Å². The van der Waals surface area contributed by atoms with E-state index < -0.39 is 0 Å². The highest BCUT2D eigenvalue weighted by Crippen LogP contribution is 2.34. The molecule has 1 aromatic heterocycles. The zero-order chi connectivity index (χ0) is 24.4. The summed E-state index contributed by atoms with van der Waals surface area (Å²) in [6, 6.07) is 22.4. The van der Waals surface area contributed by atoms with Crippen LogP contribution in [0.1, 0.15) is 42.3 Å².